The van der Waals surface area contributed by atoms with E-state index in [1.165, 1.54) is 12.3 Å². The Hall–Kier alpha value is -2.12. The van der Waals surface area contributed by atoms with E-state index in [2.05, 4.69) is 9.97 Å². The highest BCUT2D eigenvalue weighted by atomic mass is 19.2. The lowest BCUT2D eigenvalue weighted by Crippen LogP contribution is -2.39. The molecule has 1 N–H and O–H groups in total. The first-order valence-corrected chi connectivity index (χ1v) is 6.90. The summed E-state index contributed by atoms with van der Waals surface area (Å²) in [5.74, 6) is -1.10. The van der Waals surface area contributed by atoms with E-state index < -0.39 is 11.6 Å². The van der Waals surface area contributed by atoms with Crippen LogP contribution < -0.4 is 4.90 Å². The highest BCUT2D eigenvalue weighted by molar-refractivity contribution is 5.37. The van der Waals surface area contributed by atoms with Gasteiger partial charge in [0.15, 0.2) is 11.6 Å². The van der Waals surface area contributed by atoms with Crippen molar-refractivity contribution in [3.05, 3.63) is 53.5 Å². The van der Waals surface area contributed by atoms with E-state index in [9.17, 15) is 8.78 Å². The smallest absolute Gasteiger partial charge is 0.159 e. The Labute approximate surface area is 126 Å². The molecule has 1 saturated heterocycles. The molecule has 0 radical (unpaired) electrons. The molecule has 1 aromatic carbocycles. The molecule has 1 fully saturated rings. The van der Waals surface area contributed by atoms with Crippen LogP contribution in [0.2, 0.25) is 0 Å². The molecule has 0 spiro atoms. The zero-order chi connectivity index (χ0) is 15.5. The summed E-state index contributed by atoms with van der Waals surface area (Å²) in [4.78, 5) is 10.3. The zero-order valence-electron chi connectivity index (χ0n) is 11.7. The van der Waals surface area contributed by atoms with Crippen LogP contribution in [-0.2, 0) is 11.3 Å². The largest absolute Gasteiger partial charge is 0.390 e. The monoisotopic (exact) mass is 307 g/mol. The molecule has 1 aliphatic rings. The normalized spacial score (nSPS) is 18.5. The number of anilines is 1. The summed E-state index contributed by atoms with van der Waals surface area (Å²) in [6.45, 7) is 1.40. The van der Waals surface area contributed by atoms with Gasteiger partial charge in [-0.3, -0.25) is 4.98 Å². The highest BCUT2D eigenvalue weighted by Crippen LogP contribution is 2.25. The van der Waals surface area contributed by atoms with Gasteiger partial charge in [0.1, 0.15) is 11.9 Å². The fourth-order valence-electron chi connectivity index (χ4n) is 2.36. The topological polar surface area (TPSA) is 58.5 Å². The number of morpholine rings is 1. The first-order chi connectivity index (χ1) is 10.7. The van der Waals surface area contributed by atoms with E-state index in [4.69, 9.17) is 9.84 Å². The summed E-state index contributed by atoms with van der Waals surface area (Å²) in [5.41, 5.74) is 1.08. The minimum Gasteiger partial charge on any atom is -0.390 e. The first kappa shape index (κ1) is 14.8. The van der Waals surface area contributed by atoms with Crippen molar-refractivity contribution in [2.24, 2.45) is 0 Å². The molecular weight excluding hydrogens is 292 g/mol. The average Bonchev–Trinajstić information content (AvgIpc) is 2.57. The van der Waals surface area contributed by atoms with Crippen LogP contribution in [0.1, 0.15) is 17.4 Å². The van der Waals surface area contributed by atoms with Crippen molar-refractivity contribution >= 4 is 5.82 Å². The van der Waals surface area contributed by atoms with Gasteiger partial charge in [-0.15, -0.1) is 0 Å². The van der Waals surface area contributed by atoms with E-state index in [-0.39, 0.29) is 12.7 Å². The molecule has 0 amide bonds. The molecule has 1 unspecified atom stereocenters. The minimum atomic E-state index is -0.884. The molecule has 1 aromatic heterocycles. The molecule has 3 rings (SSSR count). The summed E-state index contributed by atoms with van der Waals surface area (Å²) in [6, 6.07) is 3.78. The van der Waals surface area contributed by atoms with Crippen molar-refractivity contribution in [2.75, 3.05) is 24.6 Å². The number of ether oxygens (including phenoxy) is 1. The van der Waals surface area contributed by atoms with Crippen molar-refractivity contribution in [3.63, 3.8) is 0 Å². The third-order valence-corrected chi connectivity index (χ3v) is 3.56. The van der Waals surface area contributed by atoms with Crippen LogP contribution in [0.25, 0.3) is 0 Å². The van der Waals surface area contributed by atoms with Crippen LogP contribution in [0.4, 0.5) is 14.6 Å². The van der Waals surface area contributed by atoms with Gasteiger partial charge in [0.25, 0.3) is 0 Å². The number of rotatable bonds is 3. The Morgan fingerprint density at radius 1 is 1.23 bits per heavy atom. The molecule has 0 bridgehead atoms. The molecule has 0 saturated carbocycles. The lowest BCUT2D eigenvalue weighted by atomic mass is 10.1. The quantitative estimate of drug-likeness (QED) is 0.937. The fourth-order valence-corrected chi connectivity index (χ4v) is 2.36. The van der Waals surface area contributed by atoms with E-state index in [0.29, 0.717) is 36.8 Å². The molecular formula is C15H15F2N3O2. The fraction of sp³-hybridized carbons (Fsp3) is 0.333. The van der Waals surface area contributed by atoms with Crippen molar-refractivity contribution < 1.29 is 18.6 Å². The number of hydrogen-bond acceptors (Lipinski definition) is 5. The lowest BCUT2D eigenvalue weighted by Gasteiger charge is -2.33. The van der Waals surface area contributed by atoms with Crippen LogP contribution in [0.5, 0.6) is 0 Å². The maximum atomic E-state index is 13.3. The van der Waals surface area contributed by atoms with Crippen molar-refractivity contribution in [1.82, 2.24) is 9.97 Å². The van der Waals surface area contributed by atoms with Gasteiger partial charge in [-0.25, -0.2) is 13.8 Å². The van der Waals surface area contributed by atoms with Crippen molar-refractivity contribution in [3.8, 4) is 0 Å². The summed E-state index contributed by atoms with van der Waals surface area (Å²) < 4.78 is 32.0. The number of aliphatic hydroxyl groups excluding tert-OH is 1. The van der Waals surface area contributed by atoms with E-state index in [0.717, 1.165) is 12.1 Å². The van der Waals surface area contributed by atoms with Crippen LogP contribution in [0.3, 0.4) is 0 Å². The summed E-state index contributed by atoms with van der Waals surface area (Å²) in [6.07, 6.45) is 2.74. The summed E-state index contributed by atoms with van der Waals surface area (Å²) in [5, 5.41) is 8.98. The third kappa shape index (κ3) is 3.05. The standard InChI is InChI=1S/C15H15F2N3O2/c16-12-2-1-10(5-13(12)17)14-8-20(3-4-22-14)15-7-18-11(9-21)6-19-15/h1-2,5-7,14,21H,3-4,8-9H2. The number of nitrogens with zero attached hydrogens (tertiary/aromatic N) is 3. The molecule has 22 heavy (non-hydrogen) atoms. The molecule has 116 valence electrons. The summed E-state index contributed by atoms with van der Waals surface area (Å²) >= 11 is 0. The van der Waals surface area contributed by atoms with Crippen LogP contribution in [-0.4, -0.2) is 34.8 Å². The minimum absolute atomic E-state index is 0.159. The van der Waals surface area contributed by atoms with E-state index in [1.54, 1.807) is 6.20 Å². The van der Waals surface area contributed by atoms with Gasteiger partial charge >= 0.3 is 0 Å². The van der Waals surface area contributed by atoms with Gasteiger partial charge in [0, 0.05) is 13.1 Å². The van der Waals surface area contributed by atoms with E-state index >= 15 is 0 Å². The third-order valence-electron chi connectivity index (χ3n) is 3.56. The van der Waals surface area contributed by atoms with Gasteiger partial charge in [0.05, 0.1) is 31.3 Å². The number of halogens is 2. The highest BCUT2D eigenvalue weighted by Gasteiger charge is 2.24. The molecule has 2 aromatic rings. The van der Waals surface area contributed by atoms with Gasteiger partial charge < -0.3 is 14.7 Å². The van der Waals surface area contributed by atoms with Crippen LogP contribution in [0.15, 0.2) is 30.6 Å². The second-order valence-corrected chi connectivity index (χ2v) is 5.00. The second-order valence-electron chi connectivity index (χ2n) is 5.00. The number of benzene rings is 1. The Morgan fingerprint density at radius 2 is 2.09 bits per heavy atom. The average molecular weight is 307 g/mol. The van der Waals surface area contributed by atoms with Crippen LogP contribution >= 0.6 is 0 Å². The van der Waals surface area contributed by atoms with Gasteiger partial charge in [-0.05, 0) is 17.7 Å². The molecule has 1 atom stereocenters. The lowest BCUT2D eigenvalue weighted by molar-refractivity contribution is 0.0392. The van der Waals surface area contributed by atoms with Gasteiger partial charge in [0.2, 0.25) is 0 Å². The zero-order valence-corrected chi connectivity index (χ0v) is 11.7. The Kier molecular flexibility index (Phi) is 4.26. The molecule has 1 aliphatic heterocycles. The number of hydrogen-bond donors (Lipinski definition) is 1. The molecule has 2 heterocycles. The first-order valence-electron chi connectivity index (χ1n) is 6.90. The number of aromatic nitrogens is 2. The van der Waals surface area contributed by atoms with E-state index in [1.807, 2.05) is 4.90 Å². The van der Waals surface area contributed by atoms with Crippen LogP contribution in [0, 0.1) is 11.6 Å². The van der Waals surface area contributed by atoms with Gasteiger partial charge in [-0.1, -0.05) is 6.07 Å². The SMILES string of the molecule is OCc1cnc(N2CCOC(c3ccc(F)c(F)c3)C2)cn1. The Morgan fingerprint density at radius 3 is 2.77 bits per heavy atom. The van der Waals surface area contributed by atoms with Gasteiger partial charge in [-0.2, -0.15) is 0 Å². The Balaban J connectivity index is 1.76. The maximum absolute atomic E-state index is 13.3. The Bertz CT molecular complexity index is 652. The second kappa shape index (κ2) is 6.33. The van der Waals surface area contributed by atoms with Crippen molar-refractivity contribution in [2.45, 2.75) is 12.7 Å². The predicted octanol–water partition coefficient (Wildman–Crippen LogP) is 1.82. The van der Waals surface area contributed by atoms with Crippen molar-refractivity contribution in [1.29, 1.82) is 0 Å². The number of aliphatic hydroxyl groups is 1. The predicted molar refractivity (Wildman–Crippen MR) is 75.2 cm³/mol. The summed E-state index contributed by atoms with van der Waals surface area (Å²) in [7, 11) is 0. The molecule has 0 aliphatic carbocycles. The maximum Gasteiger partial charge on any atom is 0.159 e. The molecule has 5 nitrogen and oxygen atoms in total. The molecule has 7 heteroatoms.